The highest BCUT2D eigenvalue weighted by Crippen LogP contribution is 2.44. The van der Waals surface area contributed by atoms with Gasteiger partial charge in [0.2, 0.25) is 0 Å². The van der Waals surface area contributed by atoms with Crippen LogP contribution in [0.2, 0.25) is 0 Å². The van der Waals surface area contributed by atoms with Crippen LogP contribution in [0.4, 0.5) is 4.79 Å². The Hall–Kier alpha value is -2.73. The van der Waals surface area contributed by atoms with Crippen molar-refractivity contribution in [3.05, 3.63) is 72.3 Å². The third kappa shape index (κ3) is 6.39. The van der Waals surface area contributed by atoms with E-state index in [0.717, 1.165) is 53.7 Å². The molecule has 5 nitrogen and oxygen atoms in total. The Labute approximate surface area is 194 Å². The summed E-state index contributed by atoms with van der Waals surface area (Å²) in [5.41, 5.74) is 4.56. The summed E-state index contributed by atoms with van der Waals surface area (Å²) in [6.07, 6.45) is 6.06. The smallest absolute Gasteiger partial charge is 0.407 e. The summed E-state index contributed by atoms with van der Waals surface area (Å²) in [5.74, 6) is 0.592. The topological polar surface area (TPSA) is 75.6 Å². The van der Waals surface area contributed by atoms with Gasteiger partial charge in [-0.05, 0) is 59.4 Å². The summed E-state index contributed by atoms with van der Waals surface area (Å²) in [4.78, 5) is 23.9. The second-order valence-corrected chi connectivity index (χ2v) is 9.12. The standard InChI is InChI=1S/C26H31NO4S/c1-2-3-4-5-10-16-32-17-15-24(25(28)29)27-26(30)31-18-23-21-13-8-6-11-19(21)20-12-7-9-14-22(20)23/h2,6-9,11-14,23-24H,1,3-5,10,15-18H2,(H,27,30)(H,28,29). The van der Waals surface area contributed by atoms with E-state index in [-0.39, 0.29) is 12.5 Å². The summed E-state index contributed by atoms with van der Waals surface area (Å²) in [6.45, 7) is 3.89. The average molecular weight is 454 g/mol. The number of hydrogen-bond acceptors (Lipinski definition) is 4. The molecule has 1 atom stereocenters. The molecule has 0 saturated heterocycles. The van der Waals surface area contributed by atoms with Crippen molar-refractivity contribution in [2.75, 3.05) is 18.1 Å². The van der Waals surface area contributed by atoms with Crippen LogP contribution < -0.4 is 5.32 Å². The van der Waals surface area contributed by atoms with Gasteiger partial charge in [0.1, 0.15) is 12.6 Å². The van der Waals surface area contributed by atoms with Crippen LogP contribution in [0.5, 0.6) is 0 Å². The van der Waals surface area contributed by atoms with E-state index in [1.54, 1.807) is 11.8 Å². The lowest BCUT2D eigenvalue weighted by molar-refractivity contribution is -0.139. The Bertz CT molecular complexity index is 884. The summed E-state index contributed by atoms with van der Waals surface area (Å²) in [5, 5.41) is 12.0. The molecule has 2 aromatic carbocycles. The van der Waals surface area contributed by atoms with Gasteiger partial charge < -0.3 is 15.2 Å². The van der Waals surface area contributed by atoms with Gasteiger partial charge in [0.15, 0.2) is 0 Å². The van der Waals surface area contributed by atoms with Gasteiger partial charge in [-0.15, -0.1) is 6.58 Å². The number of carboxylic acid groups (broad SMARTS) is 1. The minimum Gasteiger partial charge on any atom is -0.480 e. The second kappa shape index (κ2) is 12.3. The second-order valence-electron chi connectivity index (χ2n) is 7.90. The molecular formula is C26H31NO4S. The van der Waals surface area contributed by atoms with E-state index in [4.69, 9.17) is 4.74 Å². The maximum absolute atomic E-state index is 12.4. The van der Waals surface area contributed by atoms with E-state index in [0.29, 0.717) is 12.2 Å². The van der Waals surface area contributed by atoms with E-state index >= 15 is 0 Å². The van der Waals surface area contributed by atoms with E-state index in [9.17, 15) is 14.7 Å². The number of unbranched alkanes of at least 4 members (excludes halogenated alkanes) is 3. The lowest BCUT2D eigenvalue weighted by Gasteiger charge is -2.17. The number of aliphatic carboxylic acids is 1. The van der Waals surface area contributed by atoms with Gasteiger partial charge in [-0.1, -0.05) is 61.0 Å². The molecule has 0 heterocycles. The number of allylic oxidation sites excluding steroid dienone is 1. The molecule has 3 rings (SSSR count). The van der Waals surface area contributed by atoms with Gasteiger partial charge in [0, 0.05) is 5.92 Å². The van der Waals surface area contributed by atoms with Crippen LogP contribution >= 0.6 is 11.8 Å². The fraction of sp³-hybridized carbons (Fsp3) is 0.385. The van der Waals surface area contributed by atoms with E-state index < -0.39 is 18.1 Å². The molecule has 0 bridgehead atoms. The van der Waals surface area contributed by atoms with Crippen LogP contribution in [0.15, 0.2) is 61.2 Å². The van der Waals surface area contributed by atoms with Crippen molar-refractivity contribution >= 4 is 23.8 Å². The zero-order valence-corrected chi connectivity index (χ0v) is 19.1. The molecule has 0 radical (unpaired) electrons. The van der Waals surface area contributed by atoms with Gasteiger partial charge in [0.05, 0.1) is 0 Å². The molecule has 1 aliphatic carbocycles. The Morgan fingerprint density at radius 1 is 1.03 bits per heavy atom. The number of ether oxygens (including phenoxy) is 1. The molecule has 0 saturated carbocycles. The van der Waals surface area contributed by atoms with Crippen LogP contribution in [0, 0.1) is 0 Å². The number of thioether (sulfide) groups is 1. The summed E-state index contributed by atoms with van der Waals surface area (Å²) >= 11 is 1.72. The molecule has 6 heteroatoms. The average Bonchev–Trinajstić information content (AvgIpc) is 3.12. The third-order valence-electron chi connectivity index (χ3n) is 5.68. The maximum atomic E-state index is 12.4. The van der Waals surface area contributed by atoms with Gasteiger partial charge in [-0.3, -0.25) is 0 Å². The van der Waals surface area contributed by atoms with Crippen molar-refractivity contribution in [1.29, 1.82) is 0 Å². The maximum Gasteiger partial charge on any atom is 0.407 e. The van der Waals surface area contributed by atoms with Crippen molar-refractivity contribution < 1.29 is 19.4 Å². The zero-order valence-electron chi connectivity index (χ0n) is 18.3. The lowest BCUT2D eigenvalue weighted by atomic mass is 9.98. The van der Waals surface area contributed by atoms with Crippen molar-refractivity contribution in [2.24, 2.45) is 0 Å². The normalized spacial score (nSPS) is 13.1. The van der Waals surface area contributed by atoms with Gasteiger partial charge in [-0.25, -0.2) is 9.59 Å². The molecule has 1 amide bonds. The summed E-state index contributed by atoms with van der Waals surface area (Å²) < 4.78 is 5.47. The number of fused-ring (bicyclic) bond motifs is 3. The highest BCUT2D eigenvalue weighted by Gasteiger charge is 2.29. The Morgan fingerprint density at radius 3 is 2.31 bits per heavy atom. The number of carbonyl (C=O) groups is 2. The highest BCUT2D eigenvalue weighted by molar-refractivity contribution is 7.99. The Morgan fingerprint density at radius 2 is 1.69 bits per heavy atom. The number of amides is 1. The van der Waals surface area contributed by atoms with Crippen LogP contribution in [0.3, 0.4) is 0 Å². The Balaban J connectivity index is 1.46. The van der Waals surface area contributed by atoms with Gasteiger partial charge in [0.25, 0.3) is 0 Å². The van der Waals surface area contributed by atoms with Crippen LogP contribution in [-0.2, 0) is 9.53 Å². The van der Waals surface area contributed by atoms with Gasteiger partial charge >= 0.3 is 12.1 Å². The summed E-state index contributed by atoms with van der Waals surface area (Å²) in [7, 11) is 0. The fourth-order valence-electron chi connectivity index (χ4n) is 4.01. The van der Waals surface area contributed by atoms with E-state index in [2.05, 4.69) is 36.2 Å². The lowest BCUT2D eigenvalue weighted by Crippen LogP contribution is -2.41. The van der Waals surface area contributed by atoms with Crippen LogP contribution in [0.1, 0.15) is 49.1 Å². The van der Waals surface area contributed by atoms with Crippen molar-refractivity contribution in [3.63, 3.8) is 0 Å². The zero-order chi connectivity index (χ0) is 22.8. The molecule has 1 unspecified atom stereocenters. The molecule has 170 valence electrons. The molecular weight excluding hydrogens is 422 g/mol. The van der Waals surface area contributed by atoms with E-state index in [1.807, 2.05) is 30.3 Å². The summed E-state index contributed by atoms with van der Waals surface area (Å²) in [6, 6.07) is 15.3. The minimum absolute atomic E-state index is 0.0481. The molecule has 0 aromatic heterocycles. The highest BCUT2D eigenvalue weighted by atomic mass is 32.2. The number of hydrogen-bond donors (Lipinski definition) is 2. The van der Waals surface area contributed by atoms with E-state index in [1.165, 1.54) is 0 Å². The molecule has 2 N–H and O–H groups in total. The molecule has 2 aromatic rings. The predicted octanol–water partition coefficient (Wildman–Crippen LogP) is 5.85. The third-order valence-corrected chi connectivity index (χ3v) is 6.78. The molecule has 32 heavy (non-hydrogen) atoms. The SMILES string of the molecule is C=CCCCCCSCCC(NC(=O)OCC1c2ccccc2-c2ccccc21)C(=O)O. The predicted molar refractivity (Wildman–Crippen MR) is 130 cm³/mol. The number of carbonyl (C=O) groups excluding carboxylic acids is 1. The first-order chi connectivity index (χ1) is 15.6. The molecule has 1 aliphatic rings. The number of benzene rings is 2. The Kier molecular flexibility index (Phi) is 9.23. The van der Waals surface area contributed by atoms with Crippen molar-refractivity contribution in [3.8, 4) is 11.1 Å². The molecule has 0 fully saturated rings. The number of rotatable bonds is 13. The van der Waals surface area contributed by atoms with Gasteiger partial charge in [-0.2, -0.15) is 11.8 Å². The molecule has 0 spiro atoms. The first-order valence-corrected chi connectivity index (χ1v) is 12.3. The van der Waals surface area contributed by atoms with Crippen molar-refractivity contribution in [2.45, 2.75) is 44.1 Å². The van der Waals surface area contributed by atoms with Crippen molar-refractivity contribution in [1.82, 2.24) is 5.32 Å². The number of nitrogens with one attached hydrogen (secondary N) is 1. The number of carboxylic acids is 1. The monoisotopic (exact) mass is 453 g/mol. The first-order valence-electron chi connectivity index (χ1n) is 11.1. The van der Waals surface area contributed by atoms with Crippen LogP contribution in [0.25, 0.3) is 11.1 Å². The minimum atomic E-state index is -1.04. The number of alkyl carbamates (subject to hydrolysis) is 1. The largest absolute Gasteiger partial charge is 0.480 e. The fourth-order valence-corrected chi connectivity index (χ4v) is 5.03. The first kappa shape index (κ1) is 23.9. The molecule has 0 aliphatic heterocycles. The quantitative estimate of drug-likeness (QED) is 0.294. The van der Waals surface area contributed by atoms with Crippen LogP contribution in [-0.4, -0.2) is 41.3 Å².